The molecule has 96 valence electrons. The van der Waals surface area contributed by atoms with Crippen molar-refractivity contribution in [3.05, 3.63) is 35.5 Å². The van der Waals surface area contributed by atoms with E-state index in [1.165, 1.54) is 10.9 Å². The Bertz CT molecular complexity index is 547. The van der Waals surface area contributed by atoms with Crippen LogP contribution in [0.3, 0.4) is 0 Å². The average molecular weight is 246 g/mol. The standard InChI is InChI=1S/C13H18N4O/c1-15-13(18)17-7-9-2-3-12-11(6-9)10(4-5-14)8-16-12/h2-3,6,8,16H,4-5,7,14H2,1H3,(H2,15,17,18). The van der Waals surface area contributed by atoms with Crippen molar-refractivity contribution >= 4 is 16.9 Å². The SMILES string of the molecule is CNC(=O)NCc1ccc2[nH]cc(CCN)c2c1. The van der Waals surface area contributed by atoms with Gasteiger partial charge in [0.2, 0.25) is 0 Å². The first-order valence-electron chi connectivity index (χ1n) is 5.99. The van der Waals surface area contributed by atoms with E-state index in [-0.39, 0.29) is 6.03 Å². The lowest BCUT2D eigenvalue weighted by atomic mass is 10.1. The van der Waals surface area contributed by atoms with Gasteiger partial charge in [0.05, 0.1) is 0 Å². The van der Waals surface area contributed by atoms with Gasteiger partial charge >= 0.3 is 6.03 Å². The molecule has 1 aromatic carbocycles. The van der Waals surface area contributed by atoms with Crippen molar-refractivity contribution < 1.29 is 4.79 Å². The number of carbonyl (C=O) groups excluding carboxylic acids is 1. The van der Waals surface area contributed by atoms with Crippen LogP contribution in [0.2, 0.25) is 0 Å². The maximum absolute atomic E-state index is 11.1. The summed E-state index contributed by atoms with van der Waals surface area (Å²) in [7, 11) is 1.60. The number of hydrogen-bond acceptors (Lipinski definition) is 2. The van der Waals surface area contributed by atoms with Crippen LogP contribution < -0.4 is 16.4 Å². The zero-order chi connectivity index (χ0) is 13.0. The Morgan fingerprint density at radius 2 is 2.28 bits per heavy atom. The fourth-order valence-electron chi connectivity index (χ4n) is 1.97. The van der Waals surface area contributed by atoms with Crippen LogP contribution in [0.4, 0.5) is 4.79 Å². The molecule has 0 unspecified atom stereocenters. The molecule has 0 saturated carbocycles. The maximum atomic E-state index is 11.1. The summed E-state index contributed by atoms with van der Waals surface area (Å²) >= 11 is 0. The Morgan fingerprint density at radius 1 is 1.44 bits per heavy atom. The van der Waals surface area contributed by atoms with Gasteiger partial charge in [0.1, 0.15) is 0 Å². The summed E-state index contributed by atoms with van der Waals surface area (Å²) in [5.41, 5.74) is 8.98. The van der Waals surface area contributed by atoms with Gasteiger partial charge in [-0.15, -0.1) is 0 Å². The summed E-state index contributed by atoms with van der Waals surface area (Å²) in [6.07, 6.45) is 2.85. The van der Waals surface area contributed by atoms with E-state index in [0.717, 1.165) is 17.5 Å². The summed E-state index contributed by atoms with van der Waals surface area (Å²) < 4.78 is 0. The van der Waals surface area contributed by atoms with Gasteiger partial charge in [-0.1, -0.05) is 6.07 Å². The normalized spacial score (nSPS) is 10.6. The van der Waals surface area contributed by atoms with Gasteiger partial charge in [0, 0.05) is 30.7 Å². The summed E-state index contributed by atoms with van der Waals surface area (Å²) in [5, 5.41) is 6.48. The third-order valence-electron chi connectivity index (χ3n) is 2.93. The fraction of sp³-hybridized carbons (Fsp3) is 0.308. The van der Waals surface area contributed by atoms with Crippen LogP contribution >= 0.6 is 0 Å². The third-order valence-corrected chi connectivity index (χ3v) is 2.93. The van der Waals surface area contributed by atoms with E-state index in [4.69, 9.17) is 5.73 Å². The number of hydrogen-bond donors (Lipinski definition) is 4. The van der Waals surface area contributed by atoms with Crippen LogP contribution in [0, 0.1) is 0 Å². The Balaban J connectivity index is 2.19. The Labute approximate surface area is 106 Å². The van der Waals surface area contributed by atoms with Crippen LogP contribution in [-0.2, 0) is 13.0 Å². The van der Waals surface area contributed by atoms with Crippen molar-refractivity contribution in [1.82, 2.24) is 15.6 Å². The van der Waals surface area contributed by atoms with Crippen molar-refractivity contribution in [2.24, 2.45) is 5.73 Å². The zero-order valence-electron chi connectivity index (χ0n) is 10.4. The van der Waals surface area contributed by atoms with Crippen molar-refractivity contribution in [2.45, 2.75) is 13.0 Å². The molecule has 5 nitrogen and oxygen atoms in total. The lowest BCUT2D eigenvalue weighted by Gasteiger charge is -2.05. The molecule has 2 rings (SSSR count). The minimum absolute atomic E-state index is 0.175. The van der Waals surface area contributed by atoms with Crippen LogP contribution in [0.15, 0.2) is 24.4 Å². The van der Waals surface area contributed by atoms with E-state index in [2.05, 4.69) is 21.7 Å². The highest BCUT2D eigenvalue weighted by Gasteiger charge is 2.04. The van der Waals surface area contributed by atoms with Crippen molar-refractivity contribution in [2.75, 3.05) is 13.6 Å². The van der Waals surface area contributed by atoms with E-state index in [9.17, 15) is 4.79 Å². The maximum Gasteiger partial charge on any atom is 0.314 e. The number of urea groups is 1. The van der Waals surface area contributed by atoms with E-state index in [0.29, 0.717) is 13.1 Å². The molecule has 2 aromatic rings. The molecular formula is C13H18N4O. The zero-order valence-corrected chi connectivity index (χ0v) is 10.4. The summed E-state index contributed by atoms with van der Waals surface area (Å²) in [4.78, 5) is 14.3. The molecule has 0 aliphatic carbocycles. The minimum atomic E-state index is -0.175. The first-order chi connectivity index (χ1) is 8.74. The monoisotopic (exact) mass is 246 g/mol. The fourth-order valence-corrected chi connectivity index (χ4v) is 1.97. The molecule has 0 aliphatic rings. The number of aromatic nitrogens is 1. The van der Waals surface area contributed by atoms with Crippen molar-refractivity contribution in [3.63, 3.8) is 0 Å². The quantitative estimate of drug-likeness (QED) is 0.651. The third kappa shape index (κ3) is 2.62. The molecule has 0 radical (unpaired) electrons. The van der Waals surface area contributed by atoms with Crippen LogP contribution in [-0.4, -0.2) is 24.6 Å². The van der Waals surface area contributed by atoms with E-state index >= 15 is 0 Å². The molecule has 1 heterocycles. The van der Waals surface area contributed by atoms with Gasteiger partial charge in [0.15, 0.2) is 0 Å². The summed E-state index contributed by atoms with van der Waals surface area (Å²) in [5.74, 6) is 0. The topological polar surface area (TPSA) is 82.9 Å². The molecule has 0 spiro atoms. The van der Waals surface area contributed by atoms with Gasteiger partial charge in [-0.25, -0.2) is 4.79 Å². The number of nitrogens with two attached hydrogens (primary N) is 1. The number of amides is 2. The van der Waals surface area contributed by atoms with E-state index in [1.54, 1.807) is 7.05 Å². The second-order valence-corrected chi connectivity index (χ2v) is 4.17. The minimum Gasteiger partial charge on any atom is -0.361 e. The first kappa shape index (κ1) is 12.4. The number of aromatic amines is 1. The summed E-state index contributed by atoms with van der Waals surface area (Å²) in [6.45, 7) is 1.15. The highest BCUT2D eigenvalue weighted by Crippen LogP contribution is 2.20. The van der Waals surface area contributed by atoms with Gasteiger partial charge in [-0.3, -0.25) is 0 Å². The lowest BCUT2D eigenvalue weighted by Crippen LogP contribution is -2.32. The Morgan fingerprint density at radius 3 is 3.00 bits per heavy atom. The van der Waals surface area contributed by atoms with Crippen LogP contribution in [0.25, 0.3) is 10.9 Å². The number of fused-ring (bicyclic) bond motifs is 1. The highest BCUT2D eigenvalue weighted by molar-refractivity contribution is 5.84. The number of carbonyl (C=O) groups is 1. The average Bonchev–Trinajstić information content (AvgIpc) is 2.79. The van der Waals surface area contributed by atoms with Gasteiger partial charge in [-0.2, -0.15) is 0 Å². The van der Waals surface area contributed by atoms with Crippen LogP contribution in [0.5, 0.6) is 0 Å². The largest absolute Gasteiger partial charge is 0.361 e. The van der Waals surface area contributed by atoms with Gasteiger partial charge in [-0.05, 0) is 36.2 Å². The molecule has 18 heavy (non-hydrogen) atoms. The van der Waals surface area contributed by atoms with E-state index in [1.807, 2.05) is 18.3 Å². The predicted octanol–water partition coefficient (Wildman–Crippen LogP) is 1.10. The van der Waals surface area contributed by atoms with Gasteiger partial charge < -0.3 is 21.4 Å². The second-order valence-electron chi connectivity index (χ2n) is 4.17. The molecule has 5 heteroatoms. The lowest BCUT2D eigenvalue weighted by molar-refractivity contribution is 0.242. The molecular weight excluding hydrogens is 228 g/mol. The molecule has 1 aromatic heterocycles. The first-order valence-corrected chi connectivity index (χ1v) is 5.99. The highest BCUT2D eigenvalue weighted by atomic mass is 16.2. The Hall–Kier alpha value is -2.01. The molecule has 0 aliphatic heterocycles. The number of nitrogens with one attached hydrogen (secondary N) is 3. The number of rotatable bonds is 4. The van der Waals surface area contributed by atoms with Crippen molar-refractivity contribution in [1.29, 1.82) is 0 Å². The molecule has 5 N–H and O–H groups in total. The number of H-pyrrole nitrogens is 1. The molecule has 2 amide bonds. The van der Waals surface area contributed by atoms with E-state index < -0.39 is 0 Å². The summed E-state index contributed by atoms with van der Waals surface area (Å²) in [6, 6.07) is 5.94. The molecule has 0 bridgehead atoms. The smallest absolute Gasteiger partial charge is 0.314 e. The Kier molecular flexibility index (Phi) is 3.84. The number of benzene rings is 1. The molecule has 0 fully saturated rings. The molecule has 0 saturated heterocycles. The predicted molar refractivity (Wildman–Crippen MR) is 72.4 cm³/mol. The second kappa shape index (κ2) is 5.55. The van der Waals surface area contributed by atoms with Crippen molar-refractivity contribution in [3.8, 4) is 0 Å². The van der Waals surface area contributed by atoms with Gasteiger partial charge in [0.25, 0.3) is 0 Å². The molecule has 0 atom stereocenters. The van der Waals surface area contributed by atoms with Crippen LogP contribution in [0.1, 0.15) is 11.1 Å².